The fourth-order valence-corrected chi connectivity index (χ4v) is 3.70. The lowest BCUT2D eigenvalue weighted by atomic mass is 10.1. The van der Waals surface area contributed by atoms with Crippen LogP contribution in [0, 0.1) is 0 Å². The number of nitrogens with two attached hydrogens (primary N) is 1. The van der Waals surface area contributed by atoms with E-state index in [2.05, 4.69) is 25.0 Å². The highest BCUT2D eigenvalue weighted by molar-refractivity contribution is 7.13. The van der Waals surface area contributed by atoms with E-state index >= 15 is 0 Å². The first kappa shape index (κ1) is 21.2. The molecule has 13 nitrogen and oxygen atoms in total. The Morgan fingerprint density at radius 1 is 1.40 bits per heavy atom. The van der Waals surface area contributed by atoms with Gasteiger partial charge in [-0.15, -0.1) is 11.3 Å². The number of carboxylic acids is 1. The fraction of sp³-hybridized carbons (Fsp3) is 0.375. The zero-order chi connectivity index (χ0) is 22.0. The molecule has 14 heteroatoms. The van der Waals surface area contributed by atoms with Crippen LogP contribution < -0.4 is 11.1 Å². The molecule has 0 radical (unpaired) electrons. The van der Waals surface area contributed by atoms with Gasteiger partial charge in [0, 0.05) is 18.5 Å². The van der Waals surface area contributed by atoms with Crippen molar-refractivity contribution in [3.05, 3.63) is 22.3 Å². The molecule has 2 aliphatic heterocycles. The number of hydrogen-bond donors (Lipinski definition) is 3. The number of methoxy groups -OCH3 is 1. The zero-order valence-electron chi connectivity index (χ0n) is 15.9. The Kier molecular flexibility index (Phi) is 5.98. The molecule has 1 aromatic rings. The molecule has 160 valence electrons. The second-order valence-electron chi connectivity index (χ2n) is 6.16. The van der Waals surface area contributed by atoms with E-state index in [1.54, 1.807) is 0 Å². The van der Waals surface area contributed by atoms with Crippen LogP contribution in [0.5, 0.6) is 0 Å². The normalized spacial score (nSPS) is 19.5. The Labute approximate surface area is 173 Å². The number of nitrogens with one attached hydrogen (secondary N) is 1. The van der Waals surface area contributed by atoms with E-state index in [0.29, 0.717) is 0 Å². The molecule has 0 aromatic carbocycles. The largest absolute Gasteiger partial charge is 0.477 e. The molecule has 1 fully saturated rings. The van der Waals surface area contributed by atoms with Gasteiger partial charge in [0.25, 0.3) is 11.8 Å². The molecule has 0 unspecified atom stereocenters. The van der Waals surface area contributed by atoms with Crippen molar-refractivity contribution >= 4 is 45.9 Å². The number of hydrazine groups is 1. The summed E-state index contributed by atoms with van der Waals surface area (Å²) in [7, 11) is 2.37. The maximum Gasteiger partial charge on any atom is 0.354 e. The van der Waals surface area contributed by atoms with Gasteiger partial charge in [0.05, 0.1) is 12.7 Å². The molecule has 4 N–H and O–H groups in total. The molecule has 1 aromatic heterocycles. The van der Waals surface area contributed by atoms with Gasteiger partial charge < -0.3 is 25.7 Å². The molecule has 1 atom stereocenters. The number of oxime groups is 1. The van der Waals surface area contributed by atoms with Crippen LogP contribution in [-0.4, -0.2) is 82.9 Å². The minimum Gasteiger partial charge on any atom is -0.477 e. The Hall–Kier alpha value is -3.52. The minimum atomic E-state index is -1.46. The summed E-state index contributed by atoms with van der Waals surface area (Å²) in [6, 6.07) is -1.08. The lowest BCUT2D eigenvalue weighted by Gasteiger charge is -2.33. The van der Waals surface area contributed by atoms with Gasteiger partial charge in [0.1, 0.15) is 18.8 Å². The van der Waals surface area contributed by atoms with E-state index in [1.807, 2.05) is 0 Å². The van der Waals surface area contributed by atoms with Gasteiger partial charge >= 0.3 is 11.9 Å². The average molecular weight is 438 g/mol. The lowest BCUT2D eigenvalue weighted by Crippen LogP contribution is -2.47. The number of fused-ring (bicyclic) bond motifs is 1. The Morgan fingerprint density at radius 2 is 2.13 bits per heavy atom. The van der Waals surface area contributed by atoms with Crippen molar-refractivity contribution in [2.45, 2.75) is 12.5 Å². The van der Waals surface area contributed by atoms with Crippen molar-refractivity contribution in [1.29, 1.82) is 0 Å². The van der Waals surface area contributed by atoms with E-state index in [4.69, 9.17) is 5.73 Å². The Morgan fingerprint density at radius 3 is 2.70 bits per heavy atom. The highest BCUT2D eigenvalue weighted by Gasteiger charge is 2.47. The number of aliphatic carboxylic acids is 1. The summed E-state index contributed by atoms with van der Waals surface area (Å²) in [4.78, 5) is 57.9. The van der Waals surface area contributed by atoms with Gasteiger partial charge in [-0.2, -0.15) is 0 Å². The van der Waals surface area contributed by atoms with Crippen LogP contribution in [0.15, 0.2) is 21.8 Å². The molecule has 3 heterocycles. The van der Waals surface area contributed by atoms with Crippen LogP contribution in [0.2, 0.25) is 0 Å². The Balaban J connectivity index is 1.85. The number of amides is 2. The summed E-state index contributed by atoms with van der Waals surface area (Å²) in [5.41, 5.74) is 4.94. The SMILES string of the molecule is CO/N=C(\C(=O)N[C@H]1CN2CCC(C(=O)OC)=C(C(=O)O)N2C1=O)c1csc(N)n1. The van der Waals surface area contributed by atoms with E-state index in [-0.39, 0.29) is 41.6 Å². The van der Waals surface area contributed by atoms with Gasteiger partial charge in [-0.05, 0) is 6.42 Å². The first-order valence-electron chi connectivity index (χ1n) is 8.55. The third-order valence-electron chi connectivity index (χ3n) is 4.40. The second-order valence-corrected chi connectivity index (χ2v) is 7.05. The van der Waals surface area contributed by atoms with Crippen LogP contribution >= 0.6 is 11.3 Å². The fourth-order valence-electron chi connectivity index (χ4n) is 3.16. The maximum atomic E-state index is 12.9. The number of thiazole rings is 1. The molecule has 2 amide bonds. The molecule has 1 saturated heterocycles. The predicted molar refractivity (Wildman–Crippen MR) is 102 cm³/mol. The van der Waals surface area contributed by atoms with Crippen molar-refractivity contribution < 1.29 is 33.9 Å². The number of hydrogen-bond acceptors (Lipinski definition) is 11. The van der Waals surface area contributed by atoms with Crippen molar-refractivity contribution in [2.24, 2.45) is 5.16 Å². The number of nitrogens with zero attached hydrogens (tertiary/aromatic N) is 4. The number of carboxylic acid groups (broad SMARTS) is 1. The monoisotopic (exact) mass is 438 g/mol. The number of ether oxygens (including phenoxy) is 1. The molecule has 0 spiro atoms. The first-order chi connectivity index (χ1) is 14.3. The first-order valence-corrected chi connectivity index (χ1v) is 9.43. The summed E-state index contributed by atoms with van der Waals surface area (Å²) >= 11 is 1.10. The van der Waals surface area contributed by atoms with Gasteiger partial charge in [-0.3, -0.25) is 9.59 Å². The van der Waals surface area contributed by atoms with Crippen LogP contribution in [0.3, 0.4) is 0 Å². The van der Waals surface area contributed by atoms with E-state index < -0.39 is 35.5 Å². The number of nitrogen functional groups attached to an aromatic ring is 1. The van der Waals surface area contributed by atoms with E-state index in [0.717, 1.165) is 23.5 Å². The molecular weight excluding hydrogens is 420 g/mol. The van der Waals surface area contributed by atoms with Gasteiger partial charge in [-0.1, -0.05) is 5.16 Å². The van der Waals surface area contributed by atoms with E-state index in [9.17, 15) is 24.3 Å². The topological polar surface area (TPSA) is 177 Å². The zero-order valence-corrected chi connectivity index (χ0v) is 16.8. The lowest BCUT2D eigenvalue weighted by molar-refractivity contribution is -0.148. The molecule has 30 heavy (non-hydrogen) atoms. The molecular formula is C16H18N6O7S. The quantitative estimate of drug-likeness (QED) is 0.270. The summed E-state index contributed by atoms with van der Waals surface area (Å²) in [5, 5.41) is 19.8. The van der Waals surface area contributed by atoms with Crippen LogP contribution in [-0.2, 0) is 28.8 Å². The van der Waals surface area contributed by atoms with Gasteiger partial charge in [0.2, 0.25) is 0 Å². The number of aromatic nitrogens is 1. The Bertz CT molecular complexity index is 971. The van der Waals surface area contributed by atoms with Crippen LogP contribution in [0.1, 0.15) is 12.1 Å². The maximum absolute atomic E-state index is 12.9. The third-order valence-corrected chi connectivity index (χ3v) is 5.08. The van der Waals surface area contributed by atoms with Gasteiger partial charge in [0.15, 0.2) is 16.5 Å². The van der Waals surface area contributed by atoms with Crippen molar-refractivity contribution in [2.75, 3.05) is 33.0 Å². The number of carbonyl (C=O) groups is 4. The highest BCUT2D eigenvalue weighted by atomic mass is 32.1. The van der Waals surface area contributed by atoms with Crippen molar-refractivity contribution in [3.8, 4) is 0 Å². The van der Waals surface area contributed by atoms with Crippen LogP contribution in [0.25, 0.3) is 0 Å². The summed E-state index contributed by atoms with van der Waals surface area (Å²) in [5.74, 6) is -3.75. The number of carbonyl (C=O) groups excluding carboxylic acids is 3. The van der Waals surface area contributed by atoms with E-state index in [1.165, 1.54) is 17.5 Å². The van der Waals surface area contributed by atoms with Crippen molar-refractivity contribution in [3.63, 3.8) is 0 Å². The molecule has 0 bridgehead atoms. The smallest absolute Gasteiger partial charge is 0.354 e. The summed E-state index contributed by atoms with van der Waals surface area (Å²) < 4.78 is 4.62. The van der Waals surface area contributed by atoms with Crippen LogP contribution in [0.4, 0.5) is 5.13 Å². The van der Waals surface area contributed by atoms with Crippen molar-refractivity contribution in [1.82, 2.24) is 20.3 Å². The average Bonchev–Trinajstić information content (AvgIpc) is 3.28. The second kappa shape index (κ2) is 8.46. The molecule has 0 aliphatic carbocycles. The molecule has 0 saturated carbocycles. The molecule has 2 aliphatic rings. The highest BCUT2D eigenvalue weighted by Crippen LogP contribution is 2.29. The standard InChI is InChI=1S/C16H18N6O7S/c1-28-15(27)7-3-4-21-5-8(13(24)22(21)11(7)14(25)26)18-12(23)10(20-29-2)9-6-30-16(17)19-9/h6,8H,3-5H2,1-2H3,(H2,17,19)(H,18,23)(H,25,26)/b20-10-/t8-/m0/s1. The summed E-state index contributed by atoms with van der Waals surface area (Å²) in [6.07, 6.45) is 0.0766. The number of rotatable bonds is 6. The minimum absolute atomic E-state index is 0.00920. The molecule has 3 rings (SSSR count). The number of anilines is 1. The number of esters is 1. The third kappa shape index (κ3) is 3.81. The summed E-state index contributed by atoms with van der Waals surface area (Å²) in [6.45, 7) is 0.205. The predicted octanol–water partition coefficient (Wildman–Crippen LogP) is -1.46. The van der Waals surface area contributed by atoms with Gasteiger partial charge in [-0.25, -0.2) is 24.6 Å².